The van der Waals surface area contributed by atoms with Gasteiger partial charge in [0.1, 0.15) is 0 Å². The molecule has 0 spiro atoms. The number of hydrogen-bond donors (Lipinski definition) is 1. The smallest absolute Gasteiger partial charge is 0.0897 e. The normalized spacial score (nSPS) is 17.3. The average molecular weight is 214 g/mol. The Bertz CT molecular complexity index is 268. The van der Waals surface area contributed by atoms with Gasteiger partial charge in [0.15, 0.2) is 0 Å². The van der Waals surface area contributed by atoms with Gasteiger partial charge < -0.3 is 5.32 Å². The van der Waals surface area contributed by atoms with E-state index in [0.29, 0.717) is 0 Å². The maximum absolute atomic E-state index is 4.24. The van der Waals surface area contributed by atoms with Gasteiger partial charge >= 0.3 is 0 Å². The highest BCUT2D eigenvalue weighted by Crippen LogP contribution is 2.21. The number of nitrogens with zero attached hydrogens (tertiary/aromatic N) is 1. The molecule has 2 rings (SSSR count). The summed E-state index contributed by atoms with van der Waals surface area (Å²) in [7, 11) is 0. The van der Waals surface area contributed by atoms with E-state index in [0.717, 1.165) is 11.7 Å². The Hall–Kier alpha value is -0.0600. The van der Waals surface area contributed by atoms with E-state index >= 15 is 0 Å². The molecule has 1 saturated heterocycles. The predicted molar refractivity (Wildman–Crippen MR) is 59.4 cm³/mol. The highest BCUT2D eigenvalue weighted by atomic mass is 32.2. The van der Waals surface area contributed by atoms with E-state index in [4.69, 9.17) is 0 Å². The largest absolute Gasteiger partial charge is 0.316 e. The van der Waals surface area contributed by atoms with Crippen molar-refractivity contribution < 1.29 is 0 Å². The van der Waals surface area contributed by atoms with E-state index in [9.17, 15) is 0 Å². The summed E-state index contributed by atoms with van der Waals surface area (Å²) in [5.41, 5.74) is 0. The van der Waals surface area contributed by atoms with Crippen LogP contribution in [0.1, 0.15) is 9.88 Å². The van der Waals surface area contributed by atoms with Gasteiger partial charge in [-0.2, -0.15) is 11.8 Å². The van der Waals surface area contributed by atoms with Crippen LogP contribution in [0.5, 0.6) is 0 Å². The third kappa shape index (κ3) is 2.69. The molecule has 13 heavy (non-hydrogen) atoms. The summed E-state index contributed by atoms with van der Waals surface area (Å²) in [5.74, 6) is 3.35. The van der Waals surface area contributed by atoms with Crippen LogP contribution in [-0.4, -0.2) is 23.8 Å². The summed E-state index contributed by atoms with van der Waals surface area (Å²) < 4.78 is 0. The van der Waals surface area contributed by atoms with Crippen LogP contribution in [-0.2, 0) is 5.75 Å². The molecule has 0 saturated carbocycles. The number of aromatic nitrogens is 1. The summed E-state index contributed by atoms with van der Waals surface area (Å²) in [4.78, 5) is 5.65. The lowest BCUT2D eigenvalue weighted by Crippen LogP contribution is -2.43. The van der Waals surface area contributed by atoms with Gasteiger partial charge in [0.25, 0.3) is 0 Å². The molecule has 1 aromatic heterocycles. The fourth-order valence-corrected chi connectivity index (χ4v) is 3.30. The minimum Gasteiger partial charge on any atom is -0.316 e. The third-order valence-corrected chi connectivity index (χ3v) is 4.45. The maximum atomic E-state index is 4.24. The first kappa shape index (κ1) is 9.49. The summed E-state index contributed by atoms with van der Waals surface area (Å²) >= 11 is 3.85. The van der Waals surface area contributed by atoms with E-state index in [1.807, 2.05) is 29.3 Å². The predicted octanol–water partition coefficient (Wildman–Crippen LogP) is 1.90. The van der Waals surface area contributed by atoms with Gasteiger partial charge in [0.05, 0.1) is 5.01 Å². The summed E-state index contributed by atoms with van der Waals surface area (Å²) in [6, 6.07) is 0. The van der Waals surface area contributed by atoms with Crippen LogP contribution in [0.15, 0.2) is 6.20 Å². The first-order valence-electron chi connectivity index (χ1n) is 4.54. The summed E-state index contributed by atoms with van der Waals surface area (Å²) in [5, 5.41) is 4.47. The van der Waals surface area contributed by atoms with Gasteiger partial charge in [0.2, 0.25) is 0 Å². The highest BCUT2D eigenvalue weighted by molar-refractivity contribution is 7.98. The zero-order chi connectivity index (χ0) is 9.10. The van der Waals surface area contributed by atoms with Gasteiger partial charge in [-0.1, -0.05) is 0 Å². The number of rotatable bonds is 4. The van der Waals surface area contributed by atoms with Crippen LogP contribution in [0.2, 0.25) is 0 Å². The zero-order valence-corrected chi connectivity index (χ0v) is 9.38. The number of thiazole rings is 1. The molecular weight excluding hydrogens is 200 g/mol. The molecule has 0 aromatic carbocycles. The van der Waals surface area contributed by atoms with Crippen molar-refractivity contribution >= 4 is 23.1 Å². The summed E-state index contributed by atoms with van der Waals surface area (Å²) in [6.45, 7) is 4.50. The first-order chi connectivity index (χ1) is 6.34. The minimum atomic E-state index is 0.916. The third-order valence-electron chi connectivity index (χ3n) is 2.13. The van der Waals surface area contributed by atoms with Gasteiger partial charge in [-0.25, -0.2) is 4.98 Å². The van der Waals surface area contributed by atoms with E-state index in [1.54, 1.807) is 0 Å². The molecule has 2 heterocycles. The molecule has 0 atom stereocenters. The Morgan fingerprint density at radius 2 is 2.54 bits per heavy atom. The molecule has 0 radical (unpaired) electrons. The second-order valence-corrected chi connectivity index (χ2v) is 5.73. The molecule has 1 fully saturated rings. The molecule has 0 aliphatic carbocycles. The Labute approximate surface area is 87.1 Å². The Morgan fingerprint density at radius 3 is 3.08 bits per heavy atom. The van der Waals surface area contributed by atoms with Crippen molar-refractivity contribution in [2.24, 2.45) is 5.92 Å². The molecule has 1 aliphatic heterocycles. The van der Waals surface area contributed by atoms with Crippen LogP contribution in [0.4, 0.5) is 0 Å². The van der Waals surface area contributed by atoms with Crippen LogP contribution in [0.25, 0.3) is 0 Å². The lowest BCUT2D eigenvalue weighted by atomic mass is 10.1. The topological polar surface area (TPSA) is 24.9 Å². The van der Waals surface area contributed by atoms with Gasteiger partial charge in [-0.05, 0) is 31.7 Å². The van der Waals surface area contributed by atoms with E-state index in [1.165, 1.54) is 28.7 Å². The minimum absolute atomic E-state index is 0.916. The average Bonchev–Trinajstić information content (AvgIpc) is 2.42. The van der Waals surface area contributed by atoms with Crippen LogP contribution >= 0.6 is 23.1 Å². The van der Waals surface area contributed by atoms with E-state index < -0.39 is 0 Å². The van der Waals surface area contributed by atoms with Crippen LogP contribution < -0.4 is 5.32 Å². The van der Waals surface area contributed by atoms with Gasteiger partial charge in [-0.15, -0.1) is 11.3 Å². The van der Waals surface area contributed by atoms with E-state index in [-0.39, 0.29) is 0 Å². The number of hydrogen-bond acceptors (Lipinski definition) is 4. The second-order valence-electron chi connectivity index (χ2n) is 3.38. The molecule has 0 amide bonds. The second kappa shape index (κ2) is 4.44. The monoisotopic (exact) mass is 214 g/mol. The summed E-state index contributed by atoms with van der Waals surface area (Å²) in [6.07, 6.45) is 2.01. The van der Waals surface area contributed by atoms with Gasteiger partial charge in [0, 0.05) is 16.8 Å². The molecule has 1 N–H and O–H groups in total. The van der Waals surface area contributed by atoms with Crippen molar-refractivity contribution in [3.05, 3.63) is 16.1 Å². The fraction of sp³-hybridized carbons (Fsp3) is 0.667. The van der Waals surface area contributed by atoms with Crippen LogP contribution in [0, 0.1) is 12.8 Å². The maximum Gasteiger partial charge on any atom is 0.0897 e. The zero-order valence-electron chi connectivity index (χ0n) is 7.75. The highest BCUT2D eigenvalue weighted by Gasteiger charge is 2.15. The fourth-order valence-electron chi connectivity index (χ4n) is 1.26. The van der Waals surface area contributed by atoms with Crippen molar-refractivity contribution in [1.82, 2.24) is 10.3 Å². The molecule has 1 aliphatic rings. The van der Waals surface area contributed by atoms with Gasteiger partial charge in [-0.3, -0.25) is 0 Å². The quantitative estimate of drug-likeness (QED) is 0.828. The molecule has 0 bridgehead atoms. The van der Waals surface area contributed by atoms with Crippen molar-refractivity contribution in [1.29, 1.82) is 0 Å². The number of nitrogens with one attached hydrogen (secondary N) is 1. The Morgan fingerprint density at radius 1 is 1.69 bits per heavy atom. The van der Waals surface area contributed by atoms with Crippen LogP contribution in [0.3, 0.4) is 0 Å². The SMILES string of the molecule is Cc1ncc(CSCC2CNC2)s1. The van der Waals surface area contributed by atoms with Crippen molar-refractivity contribution in [3.63, 3.8) is 0 Å². The van der Waals surface area contributed by atoms with Crippen molar-refractivity contribution in [3.8, 4) is 0 Å². The Balaban J connectivity index is 1.67. The lowest BCUT2D eigenvalue weighted by molar-refractivity contribution is 0.385. The standard InChI is InChI=1S/C9H14N2S2/c1-7-11-4-9(13-7)6-12-5-8-2-10-3-8/h4,8,10H,2-3,5-6H2,1H3. The molecule has 72 valence electrons. The Kier molecular flexibility index (Phi) is 3.24. The molecular formula is C9H14N2S2. The number of aryl methyl sites for hydroxylation is 1. The first-order valence-corrected chi connectivity index (χ1v) is 6.51. The van der Waals surface area contributed by atoms with E-state index in [2.05, 4.69) is 17.2 Å². The molecule has 1 aromatic rings. The van der Waals surface area contributed by atoms with Crippen molar-refractivity contribution in [2.75, 3.05) is 18.8 Å². The number of thioether (sulfide) groups is 1. The van der Waals surface area contributed by atoms with Crippen molar-refractivity contribution in [2.45, 2.75) is 12.7 Å². The molecule has 0 unspecified atom stereocenters. The lowest BCUT2D eigenvalue weighted by Gasteiger charge is -2.26. The molecule has 2 nitrogen and oxygen atoms in total. The molecule has 4 heteroatoms.